The molecule has 6 heteroatoms. The van der Waals surface area contributed by atoms with Crippen molar-refractivity contribution in [2.45, 2.75) is 12.8 Å². The van der Waals surface area contributed by atoms with Crippen molar-refractivity contribution in [1.29, 1.82) is 0 Å². The van der Waals surface area contributed by atoms with Crippen LogP contribution in [0.25, 0.3) is 0 Å². The largest absolute Gasteiger partial charge is 0.478 e. The summed E-state index contributed by atoms with van der Waals surface area (Å²) < 4.78 is 0. The molecule has 1 aromatic rings. The topological polar surface area (TPSA) is 114 Å². The second-order valence-corrected chi connectivity index (χ2v) is 3.24. The molecule has 0 aromatic heterocycles. The van der Waals surface area contributed by atoms with Crippen LogP contribution in [0.2, 0.25) is 0 Å². The van der Waals surface area contributed by atoms with Crippen LogP contribution in [0.1, 0.15) is 22.3 Å². The van der Waals surface area contributed by atoms with E-state index in [0.29, 0.717) is 18.7 Å². The summed E-state index contributed by atoms with van der Waals surface area (Å²) in [5.74, 6) is 4.41. The minimum atomic E-state index is -0.938. The average Bonchev–Trinajstić information content (AvgIpc) is 2.27. The van der Waals surface area contributed by atoms with E-state index >= 15 is 0 Å². The van der Waals surface area contributed by atoms with Gasteiger partial charge in [-0.3, -0.25) is 0 Å². The molecule has 16 heavy (non-hydrogen) atoms. The van der Waals surface area contributed by atoms with Crippen molar-refractivity contribution in [3.05, 3.63) is 35.4 Å². The zero-order valence-corrected chi connectivity index (χ0v) is 8.68. The molecule has 0 atom stereocenters. The lowest BCUT2D eigenvalue weighted by Gasteiger charge is -2.02. The number of aryl methyl sites for hydroxylation is 1. The van der Waals surface area contributed by atoms with E-state index in [4.69, 9.17) is 16.7 Å². The summed E-state index contributed by atoms with van der Waals surface area (Å²) in [5, 5.41) is 12.4. The fourth-order valence-electron chi connectivity index (χ4n) is 1.27. The fourth-order valence-corrected chi connectivity index (χ4v) is 1.27. The van der Waals surface area contributed by atoms with Crippen LogP contribution in [-0.2, 0) is 6.42 Å². The Kier molecular flexibility index (Phi) is 4.28. The molecule has 0 aliphatic rings. The number of benzene rings is 1. The molecule has 6 N–H and O–H groups in total. The molecule has 0 radical (unpaired) electrons. The first-order chi connectivity index (χ1) is 7.63. The van der Waals surface area contributed by atoms with Gasteiger partial charge in [0.15, 0.2) is 0 Å². The van der Waals surface area contributed by atoms with E-state index in [1.807, 2.05) is 6.07 Å². The first kappa shape index (κ1) is 12.0. The van der Waals surface area contributed by atoms with Gasteiger partial charge < -0.3 is 10.8 Å². The van der Waals surface area contributed by atoms with E-state index in [2.05, 4.69) is 10.6 Å². The van der Waals surface area contributed by atoms with Crippen LogP contribution in [0.3, 0.4) is 0 Å². The van der Waals surface area contributed by atoms with Gasteiger partial charge in [-0.25, -0.2) is 16.2 Å². The molecular weight excluding hydrogens is 208 g/mol. The lowest BCUT2D eigenvalue weighted by Crippen LogP contribution is -2.22. The molecule has 1 rings (SSSR count). The maximum atomic E-state index is 10.7. The Morgan fingerprint density at radius 3 is 2.88 bits per heavy atom. The number of hydrogen-bond acceptors (Lipinski definition) is 4. The van der Waals surface area contributed by atoms with E-state index < -0.39 is 5.97 Å². The summed E-state index contributed by atoms with van der Waals surface area (Å²) in [5.41, 5.74) is 8.79. The number of rotatable bonds is 5. The first-order valence-corrected chi connectivity index (χ1v) is 4.73. The van der Waals surface area contributed by atoms with E-state index in [1.54, 1.807) is 18.2 Å². The molecule has 0 saturated carbocycles. The average molecular weight is 222 g/mol. The van der Waals surface area contributed by atoms with Crippen molar-refractivity contribution >= 4 is 11.8 Å². The number of nitrogens with two attached hydrogens (primary N) is 2. The maximum Gasteiger partial charge on any atom is 0.335 e. The highest BCUT2D eigenvalue weighted by atomic mass is 16.4. The van der Waals surface area contributed by atoms with Crippen molar-refractivity contribution < 1.29 is 9.90 Å². The van der Waals surface area contributed by atoms with Crippen LogP contribution in [0.4, 0.5) is 0 Å². The van der Waals surface area contributed by atoms with E-state index in [0.717, 1.165) is 5.56 Å². The molecule has 0 saturated heterocycles. The van der Waals surface area contributed by atoms with Crippen molar-refractivity contribution in [3.63, 3.8) is 0 Å². The molecule has 0 fully saturated rings. The van der Waals surface area contributed by atoms with Crippen LogP contribution in [0.15, 0.2) is 29.4 Å². The van der Waals surface area contributed by atoms with Gasteiger partial charge in [-0.05, 0) is 24.1 Å². The molecule has 6 nitrogen and oxygen atoms in total. The molecule has 0 unspecified atom stereocenters. The number of carbonyl (C=O) groups is 1. The van der Waals surface area contributed by atoms with Crippen LogP contribution < -0.4 is 17.1 Å². The monoisotopic (exact) mass is 222 g/mol. The van der Waals surface area contributed by atoms with Gasteiger partial charge in [0.25, 0.3) is 0 Å². The Hall–Kier alpha value is -2.08. The predicted octanol–water partition coefficient (Wildman–Crippen LogP) is 0.0529. The number of hydrazone groups is 1. The van der Waals surface area contributed by atoms with Gasteiger partial charge in [0.2, 0.25) is 0 Å². The highest BCUT2D eigenvalue weighted by Gasteiger charge is 2.03. The molecule has 0 heterocycles. The number of nitrogens with zero attached hydrogens (tertiary/aromatic N) is 1. The molecule has 0 aliphatic heterocycles. The molecule has 0 spiro atoms. The summed E-state index contributed by atoms with van der Waals surface area (Å²) in [6.45, 7) is 0. The number of carboxylic acids is 1. The van der Waals surface area contributed by atoms with Gasteiger partial charge in [-0.15, -0.1) is 0 Å². The van der Waals surface area contributed by atoms with E-state index in [9.17, 15) is 4.79 Å². The summed E-state index contributed by atoms with van der Waals surface area (Å²) in [7, 11) is 0. The Labute approximate surface area is 92.9 Å². The third-order valence-corrected chi connectivity index (χ3v) is 2.05. The van der Waals surface area contributed by atoms with E-state index in [-0.39, 0.29) is 5.56 Å². The normalized spacial score (nSPS) is 11.2. The maximum absolute atomic E-state index is 10.7. The summed E-state index contributed by atoms with van der Waals surface area (Å²) in [6.07, 6.45) is 1.14. The van der Waals surface area contributed by atoms with E-state index in [1.165, 1.54) is 0 Å². The smallest absolute Gasteiger partial charge is 0.335 e. The van der Waals surface area contributed by atoms with Crippen LogP contribution >= 0.6 is 0 Å². The number of hydrogen-bond donors (Lipinski definition) is 4. The van der Waals surface area contributed by atoms with Crippen molar-refractivity contribution in [1.82, 2.24) is 5.53 Å². The number of hydrazine groups is 1. The van der Waals surface area contributed by atoms with Gasteiger partial charge in [0.1, 0.15) is 5.84 Å². The number of aromatic carboxylic acids is 1. The quantitative estimate of drug-likeness (QED) is 0.243. The minimum Gasteiger partial charge on any atom is -0.478 e. The predicted molar refractivity (Wildman–Crippen MR) is 60.7 cm³/mol. The van der Waals surface area contributed by atoms with Crippen LogP contribution in [0.5, 0.6) is 0 Å². The van der Waals surface area contributed by atoms with Gasteiger partial charge in [0.05, 0.1) is 5.56 Å². The number of amidine groups is 1. The van der Waals surface area contributed by atoms with Crippen molar-refractivity contribution in [3.8, 4) is 0 Å². The zero-order chi connectivity index (χ0) is 12.0. The second kappa shape index (κ2) is 5.72. The summed E-state index contributed by atoms with van der Waals surface area (Å²) in [6, 6.07) is 6.71. The van der Waals surface area contributed by atoms with Gasteiger partial charge in [0, 0.05) is 6.42 Å². The van der Waals surface area contributed by atoms with Gasteiger partial charge >= 0.3 is 5.97 Å². The zero-order valence-electron chi connectivity index (χ0n) is 8.68. The number of nitrogens with one attached hydrogen (secondary N) is 1. The highest BCUT2D eigenvalue weighted by Crippen LogP contribution is 2.07. The SMILES string of the molecule is NN/N=C(\N)CCc1cccc(C(=O)O)c1. The summed E-state index contributed by atoms with van der Waals surface area (Å²) >= 11 is 0. The van der Waals surface area contributed by atoms with Gasteiger partial charge in [-0.2, -0.15) is 5.10 Å². The second-order valence-electron chi connectivity index (χ2n) is 3.24. The Morgan fingerprint density at radius 1 is 1.50 bits per heavy atom. The lowest BCUT2D eigenvalue weighted by atomic mass is 10.1. The lowest BCUT2D eigenvalue weighted by molar-refractivity contribution is 0.0697. The third-order valence-electron chi connectivity index (χ3n) is 2.05. The molecule has 1 aromatic carbocycles. The molecule has 86 valence electrons. The van der Waals surface area contributed by atoms with Crippen LogP contribution in [-0.4, -0.2) is 16.9 Å². The molecular formula is C10H14N4O2. The molecule has 0 aliphatic carbocycles. The Balaban J connectivity index is 2.64. The van der Waals surface area contributed by atoms with Crippen LogP contribution in [0, 0.1) is 0 Å². The fraction of sp³-hybridized carbons (Fsp3) is 0.200. The Bertz CT molecular complexity index is 404. The van der Waals surface area contributed by atoms with Crippen molar-refractivity contribution in [2.24, 2.45) is 16.7 Å². The molecule has 0 bridgehead atoms. The first-order valence-electron chi connectivity index (χ1n) is 4.73. The summed E-state index contributed by atoms with van der Waals surface area (Å²) in [4.78, 5) is 10.7. The minimum absolute atomic E-state index is 0.268. The molecule has 0 amide bonds. The van der Waals surface area contributed by atoms with Crippen molar-refractivity contribution in [2.75, 3.05) is 0 Å². The highest BCUT2D eigenvalue weighted by molar-refractivity contribution is 5.87. The third kappa shape index (κ3) is 3.58. The van der Waals surface area contributed by atoms with Gasteiger partial charge in [-0.1, -0.05) is 12.1 Å². The standard InChI is InChI=1S/C10H14N4O2/c11-9(13-14-12)5-4-7-2-1-3-8(6-7)10(15)16/h1-3,6,14H,4-5,12H2,(H2,11,13)(H,15,16). The number of carboxylic acid groups (broad SMARTS) is 1. The Morgan fingerprint density at radius 2 is 2.25 bits per heavy atom.